The molecule has 0 aliphatic carbocycles. The Morgan fingerprint density at radius 1 is 1.22 bits per heavy atom. The lowest BCUT2D eigenvalue weighted by Crippen LogP contribution is -2.50. The highest BCUT2D eigenvalue weighted by Crippen LogP contribution is 2.38. The maximum absolute atomic E-state index is 13.2. The number of amides is 1. The van der Waals surface area contributed by atoms with Crippen LogP contribution in [0.4, 0.5) is 0 Å². The van der Waals surface area contributed by atoms with Crippen LogP contribution in [0.3, 0.4) is 0 Å². The van der Waals surface area contributed by atoms with Gasteiger partial charge >= 0.3 is 0 Å². The minimum Gasteiger partial charge on any atom is -0.373 e. The van der Waals surface area contributed by atoms with E-state index in [-0.39, 0.29) is 11.5 Å². The Bertz CT molecular complexity index is 828. The zero-order valence-corrected chi connectivity index (χ0v) is 15.8. The van der Waals surface area contributed by atoms with Gasteiger partial charge in [-0.1, -0.05) is 6.07 Å². The number of rotatable bonds is 3. The van der Waals surface area contributed by atoms with Crippen LogP contribution in [-0.4, -0.2) is 70.0 Å². The lowest BCUT2D eigenvalue weighted by molar-refractivity contribution is -0.0451. The second-order valence-electron chi connectivity index (χ2n) is 8.47. The minimum atomic E-state index is -0.140. The summed E-state index contributed by atoms with van der Waals surface area (Å²) in [5.41, 5.74) is 1.32. The number of imidazole rings is 1. The summed E-state index contributed by atoms with van der Waals surface area (Å²) >= 11 is 0. The summed E-state index contributed by atoms with van der Waals surface area (Å²) in [5, 5.41) is 0. The molecule has 0 N–H and O–H groups in total. The van der Waals surface area contributed by atoms with Crippen molar-refractivity contribution < 1.29 is 9.53 Å². The summed E-state index contributed by atoms with van der Waals surface area (Å²) < 4.78 is 8.23. The van der Waals surface area contributed by atoms with E-state index in [0.717, 1.165) is 44.6 Å². The standard InChI is InChI=1S/C21H28N4O2/c26-20(18-13-22-19-6-1-2-11-25(18)19)24-10-5-7-21(16-24)12-17(15-27-21)14-23-8-3-4-9-23/h1-2,6,11,13,17H,3-5,7-10,12,14-16H2. The number of piperidine rings is 1. The molecule has 3 saturated heterocycles. The van der Waals surface area contributed by atoms with Crippen LogP contribution < -0.4 is 0 Å². The topological polar surface area (TPSA) is 50.1 Å². The predicted molar refractivity (Wildman–Crippen MR) is 103 cm³/mol. The Morgan fingerprint density at radius 3 is 3.00 bits per heavy atom. The number of carbonyl (C=O) groups is 1. The summed E-state index contributed by atoms with van der Waals surface area (Å²) in [6, 6.07) is 5.81. The number of ether oxygens (including phenoxy) is 1. The van der Waals surface area contributed by atoms with Gasteiger partial charge in [0.1, 0.15) is 11.3 Å². The summed E-state index contributed by atoms with van der Waals surface area (Å²) in [6.07, 6.45) is 9.44. The lowest BCUT2D eigenvalue weighted by Gasteiger charge is -2.39. The molecule has 1 amide bonds. The van der Waals surface area contributed by atoms with Crippen LogP contribution in [0.2, 0.25) is 0 Å². The molecule has 3 fully saturated rings. The molecule has 3 aliphatic rings. The summed E-state index contributed by atoms with van der Waals surface area (Å²) in [6.45, 7) is 5.99. The molecule has 0 aromatic carbocycles. The van der Waals surface area contributed by atoms with Gasteiger partial charge in [0.2, 0.25) is 0 Å². The highest BCUT2D eigenvalue weighted by atomic mass is 16.5. The molecule has 2 aromatic rings. The summed E-state index contributed by atoms with van der Waals surface area (Å²) in [7, 11) is 0. The van der Waals surface area contributed by atoms with Crippen molar-refractivity contribution in [2.75, 3.05) is 39.3 Å². The van der Waals surface area contributed by atoms with Crippen LogP contribution in [-0.2, 0) is 4.74 Å². The fourth-order valence-electron chi connectivity index (χ4n) is 5.19. The second-order valence-corrected chi connectivity index (χ2v) is 8.47. The minimum absolute atomic E-state index is 0.0689. The molecule has 0 saturated carbocycles. The van der Waals surface area contributed by atoms with Crippen LogP contribution >= 0.6 is 0 Å². The second kappa shape index (κ2) is 6.91. The molecule has 6 nitrogen and oxygen atoms in total. The third-order valence-corrected chi connectivity index (χ3v) is 6.46. The first-order valence-electron chi connectivity index (χ1n) is 10.3. The van der Waals surface area contributed by atoms with E-state index in [9.17, 15) is 4.79 Å². The van der Waals surface area contributed by atoms with Gasteiger partial charge in [-0.25, -0.2) is 4.98 Å². The summed E-state index contributed by atoms with van der Waals surface area (Å²) in [5.74, 6) is 0.674. The number of pyridine rings is 1. The number of fused-ring (bicyclic) bond motifs is 1. The van der Waals surface area contributed by atoms with E-state index in [1.807, 2.05) is 33.7 Å². The largest absolute Gasteiger partial charge is 0.373 e. The number of aromatic nitrogens is 2. The third kappa shape index (κ3) is 3.25. The molecule has 2 aromatic heterocycles. The van der Waals surface area contributed by atoms with Crippen LogP contribution in [0.15, 0.2) is 30.6 Å². The van der Waals surface area contributed by atoms with Crippen molar-refractivity contribution in [2.45, 2.75) is 37.7 Å². The monoisotopic (exact) mass is 368 g/mol. The zero-order chi connectivity index (χ0) is 18.3. The van der Waals surface area contributed by atoms with Gasteiger partial charge in [0.15, 0.2) is 0 Å². The average Bonchev–Trinajstić information content (AvgIpc) is 3.42. The molecule has 5 rings (SSSR count). The van der Waals surface area contributed by atoms with Gasteiger partial charge in [-0.3, -0.25) is 9.20 Å². The Balaban J connectivity index is 1.28. The molecule has 144 valence electrons. The number of hydrogen-bond acceptors (Lipinski definition) is 4. The molecular weight excluding hydrogens is 340 g/mol. The van der Waals surface area contributed by atoms with Crippen molar-refractivity contribution in [1.82, 2.24) is 19.2 Å². The first kappa shape index (κ1) is 17.2. The van der Waals surface area contributed by atoms with Crippen LogP contribution in [0.1, 0.15) is 42.6 Å². The van der Waals surface area contributed by atoms with Crippen molar-refractivity contribution in [3.63, 3.8) is 0 Å². The first-order chi connectivity index (χ1) is 13.2. The van der Waals surface area contributed by atoms with E-state index >= 15 is 0 Å². The van der Waals surface area contributed by atoms with E-state index < -0.39 is 0 Å². The Kier molecular flexibility index (Phi) is 4.40. The molecule has 2 unspecified atom stereocenters. The van der Waals surface area contributed by atoms with Crippen molar-refractivity contribution in [1.29, 1.82) is 0 Å². The molecule has 6 heteroatoms. The average molecular weight is 368 g/mol. The van der Waals surface area contributed by atoms with Gasteiger partial charge in [0, 0.05) is 19.3 Å². The molecule has 3 aliphatic heterocycles. The van der Waals surface area contributed by atoms with E-state index in [4.69, 9.17) is 4.74 Å². The Morgan fingerprint density at radius 2 is 2.11 bits per heavy atom. The van der Waals surface area contributed by atoms with E-state index in [0.29, 0.717) is 18.2 Å². The first-order valence-corrected chi connectivity index (χ1v) is 10.3. The molecule has 0 radical (unpaired) electrons. The van der Waals surface area contributed by atoms with Crippen LogP contribution in [0, 0.1) is 5.92 Å². The van der Waals surface area contributed by atoms with Gasteiger partial charge in [0.25, 0.3) is 5.91 Å². The quantitative estimate of drug-likeness (QED) is 0.835. The molecular formula is C21H28N4O2. The highest BCUT2D eigenvalue weighted by molar-refractivity contribution is 5.93. The highest BCUT2D eigenvalue weighted by Gasteiger charge is 2.45. The van der Waals surface area contributed by atoms with Crippen molar-refractivity contribution in [3.8, 4) is 0 Å². The number of likely N-dealkylation sites (tertiary alicyclic amines) is 2. The normalized spacial score (nSPS) is 29.2. The van der Waals surface area contributed by atoms with E-state index in [1.165, 1.54) is 25.9 Å². The van der Waals surface area contributed by atoms with Crippen LogP contribution in [0.5, 0.6) is 0 Å². The number of hydrogen-bond donors (Lipinski definition) is 0. The smallest absolute Gasteiger partial charge is 0.272 e. The van der Waals surface area contributed by atoms with E-state index in [2.05, 4.69) is 9.88 Å². The van der Waals surface area contributed by atoms with Crippen molar-refractivity contribution in [3.05, 3.63) is 36.3 Å². The maximum atomic E-state index is 13.2. The SMILES string of the molecule is O=C(c1cnc2ccccn12)N1CCCC2(CC(CN3CCCC3)CO2)C1. The molecule has 1 spiro atoms. The molecule has 5 heterocycles. The number of nitrogens with zero attached hydrogens (tertiary/aromatic N) is 4. The van der Waals surface area contributed by atoms with E-state index in [1.54, 1.807) is 6.20 Å². The Hall–Kier alpha value is -1.92. The predicted octanol–water partition coefficient (Wildman–Crippen LogP) is 2.44. The van der Waals surface area contributed by atoms with Gasteiger partial charge in [0.05, 0.1) is 24.9 Å². The molecule has 2 atom stereocenters. The van der Waals surface area contributed by atoms with Crippen LogP contribution in [0.25, 0.3) is 5.65 Å². The van der Waals surface area contributed by atoms with Gasteiger partial charge in [-0.15, -0.1) is 0 Å². The maximum Gasteiger partial charge on any atom is 0.272 e. The van der Waals surface area contributed by atoms with Gasteiger partial charge in [-0.2, -0.15) is 0 Å². The van der Waals surface area contributed by atoms with Crippen molar-refractivity contribution in [2.24, 2.45) is 5.92 Å². The fraction of sp³-hybridized carbons (Fsp3) is 0.619. The van der Waals surface area contributed by atoms with Gasteiger partial charge in [-0.05, 0) is 63.2 Å². The van der Waals surface area contributed by atoms with Gasteiger partial charge < -0.3 is 14.5 Å². The fourth-order valence-corrected chi connectivity index (χ4v) is 5.19. The molecule has 0 bridgehead atoms. The third-order valence-electron chi connectivity index (χ3n) is 6.46. The zero-order valence-electron chi connectivity index (χ0n) is 15.8. The van der Waals surface area contributed by atoms with Crippen molar-refractivity contribution >= 4 is 11.6 Å². The number of carbonyl (C=O) groups excluding carboxylic acids is 1. The molecule has 27 heavy (non-hydrogen) atoms. The Labute approximate surface area is 160 Å². The summed E-state index contributed by atoms with van der Waals surface area (Å²) in [4.78, 5) is 22.1. The lowest BCUT2D eigenvalue weighted by atomic mass is 9.86.